The number of allylic oxidation sites excluding steroid dienone is 2. The molecule has 0 spiro atoms. The first-order chi connectivity index (χ1) is 11.9. The number of nitrogens with zero attached hydrogens (tertiary/aromatic N) is 2. The van der Waals surface area contributed by atoms with E-state index in [4.69, 9.17) is 0 Å². The van der Waals surface area contributed by atoms with E-state index in [1.807, 2.05) is 6.08 Å². The number of hydrogen-bond donors (Lipinski definition) is 0. The van der Waals surface area contributed by atoms with Crippen LogP contribution in [0.15, 0.2) is 53.1 Å². The average Bonchev–Trinajstić information content (AvgIpc) is 2.96. The summed E-state index contributed by atoms with van der Waals surface area (Å²) in [6.45, 7) is 6.37. The molecule has 0 N–H and O–H groups in total. The lowest BCUT2D eigenvalue weighted by atomic mass is 10.1. The lowest BCUT2D eigenvalue weighted by Crippen LogP contribution is -2.27. The molecule has 1 aliphatic rings. The van der Waals surface area contributed by atoms with E-state index in [1.54, 1.807) is 0 Å². The number of rotatable bonds is 8. The van der Waals surface area contributed by atoms with Crippen molar-refractivity contribution < 1.29 is 13.3 Å². The molecule has 0 aliphatic carbocycles. The zero-order valence-corrected chi connectivity index (χ0v) is 15.3. The van der Waals surface area contributed by atoms with Gasteiger partial charge in [0.05, 0.1) is 10.6 Å². The van der Waals surface area contributed by atoms with Crippen molar-refractivity contribution in [3.63, 3.8) is 0 Å². The Kier molecular flexibility index (Phi) is 6.36. The van der Waals surface area contributed by atoms with Crippen LogP contribution >= 0.6 is 0 Å². The van der Waals surface area contributed by atoms with Crippen molar-refractivity contribution in [3.05, 3.63) is 58.3 Å². The molecule has 25 heavy (non-hydrogen) atoms. The third-order valence-corrected chi connectivity index (χ3v) is 6.13. The van der Waals surface area contributed by atoms with Crippen LogP contribution in [0.25, 0.3) is 0 Å². The predicted molar refractivity (Wildman–Crippen MR) is 97.6 cm³/mol. The summed E-state index contributed by atoms with van der Waals surface area (Å²) < 4.78 is 27.2. The Balaban J connectivity index is 2.30. The molecule has 1 aromatic rings. The quantitative estimate of drug-likeness (QED) is 0.389. The van der Waals surface area contributed by atoms with Crippen molar-refractivity contribution in [1.82, 2.24) is 4.31 Å². The molecule has 6 nitrogen and oxygen atoms in total. The van der Waals surface area contributed by atoms with Gasteiger partial charge in [-0.1, -0.05) is 51.0 Å². The van der Waals surface area contributed by atoms with Crippen LogP contribution in [0.3, 0.4) is 0 Å². The highest BCUT2D eigenvalue weighted by Gasteiger charge is 2.36. The van der Waals surface area contributed by atoms with Crippen LogP contribution in [0.2, 0.25) is 0 Å². The van der Waals surface area contributed by atoms with Gasteiger partial charge in [0.1, 0.15) is 0 Å². The van der Waals surface area contributed by atoms with Gasteiger partial charge >= 0.3 is 0 Å². The number of nitro benzene ring substituents is 1. The Hall–Kier alpha value is -2.15. The molecule has 1 heterocycles. The third kappa shape index (κ3) is 4.28. The molecule has 0 aromatic heterocycles. The van der Waals surface area contributed by atoms with E-state index >= 15 is 0 Å². The molecule has 7 heteroatoms. The first-order valence-corrected chi connectivity index (χ1v) is 9.98. The number of para-hydroxylation sites is 1. The fourth-order valence-corrected chi connectivity index (χ4v) is 4.60. The second-order valence-electron chi connectivity index (χ2n) is 6.09. The van der Waals surface area contributed by atoms with Crippen molar-refractivity contribution in [1.29, 1.82) is 0 Å². The Morgan fingerprint density at radius 1 is 1.28 bits per heavy atom. The van der Waals surface area contributed by atoms with Crippen LogP contribution in [0.1, 0.15) is 45.4 Å². The Morgan fingerprint density at radius 2 is 2.00 bits per heavy atom. The maximum Gasteiger partial charge on any atom is 0.289 e. The molecule has 2 rings (SSSR count). The van der Waals surface area contributed by atoms with Crippen molar-refractivity contribution >= 4 is 15.7 Å². The number of benzene rings is 1. The number of sulfonamides is 1. The molecule has 1 fully saturated rings. The molecule has 0 amide bonds. The minimum atomic E-state index is -3.98. The van der Waals surface area contributed by atoms with Gasteiger partial charge in [0, 0.05) is 12.6 Å². The number of nitro groups is 1. The highest BCUT2D eigenvalue weighted by Crippen LogP contribution is 2.35. The first-order valence-electron chi connectivity index (χ1n) is 8.54. The fourth-order valence-electron chi connectivity index (χ4n) is 2.91. The summed E-state index contributed by atoms with van der Waals surface area (Å²) in [5.74, 6) is 0. The molecular weight excluding hydrogens is 340 g/mol. The maximum atomic E-state index is 13.0. The van der Waals surface area contributed by atoms with E-state index in [1.165, 1.54) is 28.6 Å². The van der Waals surface area contributed by atoms with Crippen molar-refractivity contribution in [2.24, 2.45) is 0 Å². The van der Waals surface area contributed by atoms with Gasteiger partial charge in [0.15, 0.2) is 4.90 Å². The van der Waals surface area contributed by atoms with Crippen LogP contribution in [-0.4, -0.2) is 24.2 Å². The SMILES string of the molecule is C=C1CCN(S(=O)(=O)c2ccccc2[N+](=O)[O-])/C1=C/CCCCCC. The van der Waals surface area contributed by atoms with Crippen molar-refractivity contribution in [2.75, 3.05) is 6.54 Å². The number of hydrogen-bond acceptors (Lipinski definition) is 4. The minimum Gasteiger partial charge on any atom is -0.266 e. The van der Waals surface area contributed by atoms with Gasteiger partial charge in [-0.05, 0) is 30.9 Å². The van der Waals surface area contributed by atoms with E-state index in [9.17, 15) is 18.5 Å². The van der Waals surface area contributed by atoms with Crippen LogP contribution in [0.5, 0.6) is 0 Å². The standard InChI is InChI=1S/C18H24N2O4S/c1-3-4-5-6-7-10-16-15(2)13-14-19(16)25(23,24)18-12-9-8-11-17(18)20(21)22/h8-12H,2-7,13-14H2,1H3/b16-10+. The molecule has 0 atom stereocenters. The predicted octanol–water partition coefficient (Wildman–Crippen LogP) is 4.40. The van der Waals surface area contributed by atoms with E-state index < -0.39 is 20.6 Å². The van der Waals surface area contributed by atoms with Crippen LogP contribution in [0.4, 0.5) is 5.69 Å². The van der Waals surface area contributed by atoms with Gasteiger partial charge in [0.25, 0.3) is 15.7 Å². The zero-order valence-electron chi connectivity index (χ0n) is 14.5. The van der Waals surface area contributed by atoms with Crippen molar-refractivity contribution in [3.8, 4) is 0 Å². The van der Waals surface area contributed by atoms with Gasteiger partial charge in [-0.25, -0.2) is 8.42 Å². The Bertz CT molecular complexity index is 784. The summed E-state index contributed by atoms with van der Waals surface area (Å²) >= 11 is 0. The molecule has 1 aliphatic heterocycles. The lowest BCUT2D eigenvalue weighted by molar-refractivity contribution is -0.387. The van der Waals surface area contributed by atoms with Gasteiger partial charge in [-0.3, -0.25) is 14.4 Å². The second kappa shape index (κ2) is 8.29. The van der Waals surface area contributed by atoms with E-state index in [2.05, 4.69) is 13.5 Å². The Labute approximate surface area is 149 Å². The molecule has 1 aromatic carbocycles. The summed E-state index contributed by atoms with van der Waals surface area (Å²) in [4.78, 5) is 10.3. The Morgan fingerprint density at radius 3 is 2.68 bits per heavy atom. The largest absolute Gasteiger partial charge is 0.289 e. The third-order valence-electron chi connectivity index (χ3n) is 4.27. The number of unbranched alkanes of at least 4 members (excludes halogenated alkanes) is 4. The molecule has 136 valence electrons. The van der Waals surface area contributed by atoms with Gasteiger partial charge < -0.3 is 0 Å². The van der Waals surface area contributed by atoms with Crippen LogP contribution in [-0.2, 0) is 10.0 Å². The fraction of sp³-hybridized carbons (Fsp3) is 0.444. The van der Waals surface area contributed by atoms with Gasteiger partial charge in [-0.2, -0.15) is 0 Å². The van der Waals surface area contributed by atoms with E-state index in [-0.39, 0.29) is 11.4 Å². The van der Waals surface area contributed by atoms with E-state index in [0.717, 1.165) is 37.7 Å². The van der Waals surface area contributed by atoms with Gasteiger partial charge in [-0.15, -0.1) is 0 Å². The van der Waals surface area contributed by atoms with Gasteiger partial charge in [0.2, 0.25) is 0 Å². The summed E-state index contributed by atoms with van der Waals surface area (Å²) in [5.41, 5.74) is 0.939. The summed E-state index contributed by atoms with van der Waals surface area (Å²) in [5, 5.41) is 11.2. The van der Waals surface area contributed by atoms with E-state index in [0.29, 0.717) is 12.1 Å². The molecule has 0 saturated carbocycles. The zero-order chi connectivity index (χ0) is 18.4. The summed E-state index contributed by atoms with van der Waals surface area (Å²) in [6, 6.07) is 5.46. The highest BCUT2D eigenvalue weighted by molar-refractivity contribution is 7.89. The van der Waals surface area contributed by atoms with Crippen LogP contribution in [0, 0.1) is 10.1 Å². The minimum absolute atomic E-state index is 0.272. The average molecular weight is 364 g/mol. The monoisotopic (exact) mass is 364 g/mol. The topological polar surface area (TPSA) is 80.5 Å². The van der Waals surface area contributed by atoms with Crippen LogP contribution < -0.4 is 0 Å². The maximum absolute atomic E-state index is 13.0. The smallest absolute Gasteiger partial charge is 0.266 e. The van der Waals surface area contributed by atoms with Crippen molar-refractivity contribution in [2.45, 2.75) is 50.3 Å². The second-order valence-corrected chi connectivity index (χ2v) is 7.92. The normalized spacial score (nSPS) is 16.6. The molecule has 0 unspecified atom stereocenters. The summed E-state index contributed by atoms with van der Waals surface area (Å²) in [7, 11) is -3.98. The lowest BCUT2D eigenvalue weighted by Gasteiger charge is -2.20. The summed E-state index contributed by atoms with van der Waals surface area (Å²) in [6.07, 6.45) is 7.60. The molecular formula is C18H24N2O4S. The molecule has 0 radical (unpaired) electrons. The molecule has 1 saturated heterocycles. The highest BCUT2D eigenvalue weighted by atomic mass is 32.2. The molecule has 0 bridgehead atoms. The first kappa shape index (κ1) is 19.2.